The van der Waals surface area contributed by atoms with Crippen molar-refractivity contribution < 1.29 is 9.47 Å². The summed E-state index contributed by atoms with van der Waals surface area (Å²) in [6.45, 7) is 7.36. The molecule has 2 atom stereocenters. The quantitative estimate of drug-likeness (QED) is 0.911. The van der Waals surface area contributed by atoms with Crippen molar-refractivity contribution in [2.75, 3.05) is 13.2 Å². The normalized spacial score (nSPS) is 24.1. The molecule has 4 heteroatoms. The molecule has 1 saturated heterocycles. The molecule has 0 saturated carbocycles. The van der Waals surface area contributed by atoms with Gasteiger partial charge >= 0.3 is 0 Å². The van der Waals surface area contributed by atoms with Gasteiger partial charge in [0.15, 0.2) is 5.79 Å². The largest absolute Gasteiger partial charge is 0.348 e. The molecule has 1 aromatic carbocycles. The third kappa shape index (κ3) is 3.45. The average Bonchev–Trinajstić information content (AvgIpc) is 2.66. The summed E-state index contributed by atoms with van der Waals surface area (Å²) in [5.41, 5.74) is 1.11. The van der Waals surface area contributed by atoms with Gasteiger partial charge in [-0.05, 0) is 32.4 Å². The van der Waals surface area contributed by atoms with Crippen molar-refractivity contribution in [2.24, 2.45) is 0 Å². The number of rotatable bonds is 4. The molecule has 2 rings (SSSR count). The highest BCUT2D eigenvalue weighted by atomic mass is 35.5. The molecule has 0 radical (unpaired) electrons. The Morgan fingerprint density at radius 1 is 1.44 bits per heavy atom. The Morgan fingerprint density at radius 2 is 2.17 bits per heavy atom. The van der Waals surface area contributed by atoms with E-state index in [-0.39, 0.29) is 12.1 Å². The maximum absolute atomic E-state index is 6.16. The lowest BCUT2D eigenvalue weighted by Crippen LogP contribution is -2.32. The zero-order valence-electron chi connectivity index (χ0n) is 11.1. The lowest BCUT2D eigenvalue weighted by Gasteiger charge is -2.20. The molecule has 100 valence electrons. The van der Waals surface area contributed by atoms with E-state index in [1.807, 2.05) is 38.1 Å². The zero-order valence-corrected chi connectivity index (χ0v) is 11.8. The van der Waals surface area contributed by atoms with Crippen LogP contribution in [0.4, 0.5) is 0 Å². The molecule has 3 nitrogen and oxygen atoms in total. The van der Waals surface area contributed by atoms with Crippen molar-refractivity contribution in [1.29, 1.82) is 0 Å². The lowest BCUT2D eigenvalue weighted by molar-refractivity contribution is -0.137. The van der Waals surface area contributed by atoms with Crippen molar-refractivity contribution in [3.63, 3.8) is 0 Å². The van der Waals surface area contributed by atoms with Crippen molar-refractivity contribution >= 4 is 11.6 Å². The van der Waals surface area contributed by atoms with Gasteiger partial charge in [0.25, 0.3) is 0 Å². The smallest absolute Gasteiger partial charge is 0.163 e. The maximum Gasteiger partial charge on any atom is 0.163 e. The Labute approximate surface area is 113 Å². The van der Waals surface area contributed by atoms with E-state index < -0.39 is 5.79 Å². The van der Waals surface area contributed by atoms with E-state index in [2.05, 4.69) is 12.2 Å². The number of ether oxygens (including phenoxy) is 2. The van der Waals surface area contributed by atoms with Crippen LogP contribution < -0.4 is 5.32 Å². The second kappa shape index (κ2) is 5.57. The van der Waals surface area contributed by atoms with Crippen LogP contribution in [0.3, 0.4) is 0 Å². The van der Waals surface area contributed by atoms with Gasteiger partial charge in [-0.3, -0.25) is 0 Å². The fourth-order valence-corrected chi connectivity index (χ4v) is 2.41. The summed E-state index contributed by atoms with van der Waals surface area (Å²) in [4.78, 5) is 0. The molecule has 2 unspecified atom stereocenters. The van der Waals surface area contributed by atoms with Gasteiger partial charge in [-0.2, -0.15) is 0 Å². The van der Waals surface area contributed by atoms with Crippen molar-refractivity contribution in [3.8, 4) is 0 Å². The molecule has 0 amide bonds. The molecule has 1 aliphatic heterocycles. The molecule has 0 bridgehead atoms. The summed E-state index contributed by atoms with van der Waals surface area (Å²) in [5.74, 6) is -0.458. The molecule has 1 fully saturated rings. The van der Waals surface area contributed by atoms with E-state index >= 15 is 0 Å². The minimum absolute atomic E-state index is 0.102. The summed E-state index contributed by atoms with van der Waals surface area (Å²) in [7, 11) is 0. The first kappa shape index (κ1) is 13.8. The van der Waals surface area contributed by atoms with E-state index in [0.717, 1.165) is 17.1 Å². The molecule has 1 aromatic rings. The number of benzene rings is 1. The first-order chi connectivity index (χ1) is 8.48. The van der Waals surface area contributed by atoms with E-state index in [9.17, 15) is 0 Å². The van der Waals surface area contributed by atoms with Gasteiger partial charge in [0.1, 0.15) is 0 Å². The van der Waals surface area contributed by atoms with E-state index in [1.165, 1.54) is 0 Å². The maximum atomic E-state index is 6.16. The van der Waals surface area contributed by atoms with Crippen LogP contribution in [0.1, 0.15) is 32.4 Å². The van der Waals surface area contributed by atoms with Crippen LogP contribution in [0.5, 0.6) is 0 Å². The van der Waals surface area contributed by atoms with Crippen LogP contribution in [0.2, 0.25) is 5.02 Å². The van der Waals surface area contributed by atoms with E-state index in [4.69, 9.17) is 21.1 Å². The monoisotopic (exact) mass is 269 g/mol. The van der Waals surface area contributed by atoms with Crippen LogP contribution in [-0.2, 0) is 9.47 Å². The Hall–Kier alpha value is -0.610. The zero-order chi connectivity index (χ0) is 13.2. The second-order valence-electron chi connectivity index (χ2n) is 5.10. The van der Waals surface area contributed by atoms with Crippen LogP contribution in [0, 0.1) is 0 Å². The molecular weight excluding hydrogens is 250 g/mol. The van der Waals surface area contributed by atoms with Gasteiger partial charge in [0.05, 0.1) is 12.7 Å². The summed E-state index contributed by atoms with van der Waals surface area (Å²) in [6.07, 6.45) is 0.102. The molecule has 1 heterocycles. The summed E-state index contributed by atoms with van der Waals surface area (Å²) < 4.78 is 11.3. The SMILES string of the molecule is CC(NCC1COC(C)(C)O1)c1ccccc1Cl. The summed E-state index contributed by atoms with van der Waals surface area (Å²) in [6, 6.07) is 8.08. The average molecular weight is 270 g/mol. The summed E-state index contributed by atoms with van der Waals surface area (Å²) in [5, 5.41) is 4.22. The fraction of sp³-hybridized carbons (Fsp3) is 0.571. The van der Waals surface area contributed by atoms with Crippen LogP contribution in [0.25, 0.3) is 0 Å². The van der Waals surface area contributed by atoms with Crippen LogP contribution in [0.15, 0.2) is 24.3 Å². The number of nitrogens with one attached hydrogen (secondary N) is 1. The lowest BCUT2D eigenvalue weighted by atomic mass is 10.1. The van der Waals surface area contributed by atoms with Gasteiger partial charge < -0.3 is 14.8 Å². The van der Waals surface area contributed by atoms with Gasteiger partial charge in [-0.15, -0.1) is 0 Å². The predicted octanol–water partition coefficient (Wildman–Crippen LogP) is 3.14. The van der Waals surface area contributed by atoms with Crippen molar-refractivity contribution in [2.45, 2.75) is 38.7 Å². The van der Waals surface area contributed by atoms with E-state index in [1.54, 1.807) is 0 Å². The van der Waals surface area contributed by atoms with Crippen LogP contribution in [-0.4, -0.2) is 25.0 Å². The number of halogens is 1. The number of hydrogen-bond acceptors (Lipinski definition) is 3. The highest BCUT2D eigenvalue weighted by Gasteiger charge is 2.32. The highest BCUT2D eigenvalue weighted by molar-refractivity contribution is 6.31. The van der Waals surface area contributed by atoms with Crippen molar-refractivity contribution in [3.05, 3.63) is 34.9 Å². The van der Waals surface area contributed by atoms with Gasteiger partial charge in [0, 0.05) is 17.6 Å². The molecule has 18 heavy (non-hydrogen) atoms. The topological polar surface area (TPSA) is 30.5 Å². The highest BCUT2D eigenvalue weighted by Crippen LogP contribution is 2.24. The Morgan fingerprint density at radius 3 is 2.78 bits per heavy atom. The first-order valence-electron chi connectivity index (χ1n) is 6.27. The minimum Gasteiger partial charge on any atom is -0.348 e. The van der Waals surface area contributed by atoms with E-state index in [0.29, 0.717) is 6.61 Å². The number of hydrogen-bond donors (Lipinski definition) is 1. The molecule has 1 aliphatic rings. The molecule has 1 N–H and O–H groups in total. The standard InChI is InChI=1S/C14H20ClNO2/c1-10(12-6-4-5-7-13(12)15)16-8-11-9-17-14(2,3)18-11/h4-7,10-11,16H,8-9H2,1-3H3. The molecule has 0 spiro atoms. The Kier molecular flexibility index (Phi) is 4.28. The Bertz CT molecular complexity index is 409. The summed E-state index contributed by atoms with van der Waals surface area (Å²) >= 11 is 6.16. The minimum atomic E-state index is -0.458. The van der Waals surface area contributed by atoms with Gasteiger partial charge in [0.2, 0.25) is 0 Å². The fourth-order valence-electron chi connectivity index (χ4n) is 2.11. The van der Waals surface area contributed by atoms with Crippen molar-refractivity contribution in [1.82, 2.24) is 5.32 Å². The second-order valence-corrected chi connectivity index (χ2v) is 5.51. The van der Waals surface area contributed by atoms with Gasteiger partial charge in [-0.25, -0.2) is 0 Å². The molecule has 0 aliphatic carbocycles. The third-order valence-corrected chi connectivity index (χ3v) is 3.43. The molecule has 0 aromatic heterocycles. The predicted molar refractivity (Wildman–Crippen MR) is 72.8 cm³/mol. The molecular formula is C14H20ClNO2. The van der Waals surface area contributed by atoms with Crippen LogP contribution >= 0.6 is 11.6 Å². The first-order valence-corrected chi connectivity index (χ1v) is 6.65. The third-order valence-electron chi connectivity index (χ3n) is 3.09. The van der Waals surface area contributed by atoms with Gasteiger partial charge in [-0.1, -0.05) is 29.8 Å². The Balaban J connectivity index is 1.86.